The third-order valence-electron chi connectivity index (χ3n) is 3.64. The summed E-state index contributed by atoms with van der Waals surface area (Å²) < 4.78 is 0. The van der Waals surface area contributed by atoms with Crippen molar-refractivity contribution >= 4 is 5.69 Å². The summed E-state index contributed by atoms with van der Waals surface area (Å²) in [5.74, 6) is 0. The third kappa shape index (κ3) is 1.81. The van der Waals surface area contributed by atoms with Crippen LogP contribution in [-0.4, -0.2) is 31.9 Å². The smallest absolute Gasteiger partial charge is 0.0558 e. The van der Waals surface area contributed by atoms with Crippen molar-refractivity contribution in [2.75, 3.05) is 25.5 Å². The zero-order valence-electron chi connectivity index (χ0n) is 9.98. The van der Waals surface area contributed by atoms with Crippen LogP contribution in [-0.2, 0) is 5.41 Å². The SMILES string of the molecule is CN(C)c1ccc(C2(CN)CC(O)C2)cc1. The van der Waals surface area contributed by atoms with Gasteiger partial charge in [0.2, 0.25) is 0 Å². The van der Waals surface area contributed by atoms with Crippen LogP contribution >= 0.6 is 0 Å². The van der Waals surface area contributed by atoms with Crippen LogP contribution in [0.15, 0.2) is 24.3 Å². The number of nitrogens with zero attached hydrogens (tertiary/aromatic N) is 1. The van der Waals surface area contributed by atoms with Crippen LogP contribution in [0.4, 0.5) is 5.69 Å². The second-order valence-electron chi connectivity index (χ2n) is 4.99. The number of anilines is 1. The number of hydrogen-bond donors (Lipinski definition) is 2. The van der Waals surface area contributed by atoms with Crippen molar-refractivity contribution in [3.05, 3.63) is 29.8 Å². The molecule has 3 N–H and O–H groups in total. The van der Waals surface area contributed by atoms with Gasteiger partial charge in [-0.1, -0.05) is 12.1 Å². The van der Waals surface area contributed by atoms with Crippen molar-refractivity contribution in [1.82, 2.24) is 0 Å². The summed E-state index contributed by atoms with van der Waals surface area (Å²) in [6.45, 7) is 0.616. The number of hydrogen-bond acceptors (Lipinski definition) is 3. The van der Waals surface area contributed by atoms with Gasteiger partial charge >= 0.3 is 0 Å². The lowest BCUT2D eigenvalue weighted by Crippen LogP contribution is -2.49. The summed E-state index contributed by atoms with van der Waals surface area (Å²) >= 11 is 0. The minimum Gasteiger partial charge on any atom is -0.393 e. The Bertz CT molecular complexity index is 353. The van der Waals surface area contributed by atoms with E-state index in [9.17, 15) is 5.11 Å². The minimum atomic E-state index is -0.169. The molecule has 1 aliphatic carbocycles. The molecule has 3 heteroatoms. The summed E-state index contributed by atoms with van der Waals surface area (Å²) in [7, 11) is 4.06. The molecule has 0 radical (unpaired) electrons. The fraction of sp³-hybridized carbons (Fsp3) is 0.538. The molecule has 1 aromatic carbocycles. The van der Waals surface area contributed by atoms with Gasteiger partial charge in [0.1, 0.15) is 0 Å². The molecule has 0 saturated heterocycles. The highest BCUT2D eigenvalue weighted by Crippen LogP contribution is 2.43. The van der Waals surface area contributed by atoms with Crippen LogP contribution < -0.4 is 10.6 Å². The molecule has 0 unspecified atom stereocenters. The molecule has 0 amide bonds. The van der Waals surface area contributed by atoms with Gasteiger partial charge in [-0.3, -0.25) is 0 Å². The first-order valence-electron chi connectivity index (χ1n) is 5.73. The molecule has 3 nitrogen and oxygen atoms in total. The van der Waals surface area contributed by atoms with Crippen LogP contribution in [0, 0.1) is 0 Å². The summed E-state index contributed by atoms with van der Waals surface area (Å²) in [5, 5.41) is 9.46. The summed E-state index contributed by atoms with van der Waals surface area (Å²) in [4.78, 5) is 2.08. The Morgan fingerprint density at radius 1 is 1.31 bits per heavy atom. The average molecular weight is 220 g/mol. The Balaban J connectivity index is 2.21. The number of aliphatic hydroxyl groups is 1. The Hall–Kier alpha value is -1.06. The first-order chi connectivity index (χ1) is 7.57. The summed E-state index contributed by atoms with van der Waals surface area (Å²) in [6.07, 6.45) is 1.42. The molecule has 1 aliphatic rings. The van der Waals surface area contributed by atoms with E-state index in [2.05, 4.69) is 29.2 Å². The minimum absolute atomic E-state index is 0.0181. The first kappa shape index (κ1) is 11.4. The molecular formula is C13H20N2O. The molecule has 0 aliphatic heterocycles. The van der Waals surface area contributed by atoms with Crippen LogP contribution in [0.3, 0.4) is 0 Å². The Labute approximate surface area is 96.9 Å². The maximum Gasteiger partial charge on any atom is 0.0558 e. The standard InChI is InChI=1S/C13H20N2O/c1-15(2)11-5-3-10(4-6-11)13(9-14)7-12(16)8-13/h3-6,12,16H,7-9,14H2,1-2H3. The average Bonchev–Trinajstić information content (AvgIpc) is 2.24. The molecule has 88 valence electrons. The Morgan fingerprint density at radius 2 is 1.88 bits per heavy atom. The van der Waals surface area contributed by atoms with Crippen molar-refractivity contribution in [3.63, 3.8) is 0 Å². The highest BCUT2D eigenvalue weighted by molar-refractivity contribution is 5.48. The number of benzene rings is 1. The Morgan fingerprint density at radius 3 is 2.25 bits per heavy atom. The second kappa shape index (κ2) is 4.07. The van der Waals surface area contributed by atoms with Crippen molar-refractivity contribution in [2.24, 2.45) is 5.73 Å². The number of nitrogens with two attached hydrogens (primary N) is 1. The number of aliphatic hydroxyl groups excluding tert-OH is 1. The van der Waals surface area contributed by atoms with E-state index in [1.165, 1.54) is 11.3 Å². The van der Waals surface area contributed by atoms with E-state index in [1.54, 1.807) is 0 Å². The van der Waals surface area contributed by atoms with Gasteiger partial charge in [0.05, 0.1) is 6.10 Å². The fourth-order valence-electron chi connectivity index (χ4n) is 2.48. The lowest BCUT2D eigenvalue weighted by Gasteiger charge is -2.45. The van der Waals surface area contributed by atoms with Crippen LogP contribution in [0.25, 0.3) is 0 Å². The van der Waals surface area contributed by atoms with Crippen molar-refractivity contribution in [3.8, 4) is 0 Å². The van der Waals surface area contributed by atoms with E-state index >= 15 is 0 Å². The topological polar surface area (TPSA) is 49.5 Å². The molecular weight excluding hydrogens is 200 g/mol. The molecule has 0 heterocycles. The van der Waals surface area contributed by atoms with Crippen molar-refractivity contribution < 1.29 is 5.11 Å². The maximum atomic E-state index is 9.46. The maximum absolute atomic E-state index is 9.46. The van der Waals surface area contributed by atoms with E-state index in [4.69, 9.17) is 5.73 Å². The predicted octanol–water partition coefficient (Wildman–Crippen LogP) is 1.10. The molecule has 2 rings (SSSR count). The highest BCUT2D eigenvalue weighted by atomic mass is 16.3. The fourth-order valence-corrected chi connectivity index (χ4v) is 2.48. The molecule has 1 saturated carbocycles. The second-order valence-corrected chi connectivity index (χ2v) is 4.99. The molecule has 0 bridgehead atoms. The van der Waals surface area contributed by atoms with E-state index in [1.807, 2.05) is 14.1 Å². The van der Waals surface area contributed by atoms with E-state index < -0.39 is 0 Å². The monoisotopic (exact) mass is 220 g/mol. The summed E-state index contributed by atoms with van der Waals surface area (Å²) in [5.41, 5.74) is 8.30. The van der Waals surface area contributed by atoms with E-state index in [0.29, 0.717) is 6.54 Å². The largest absolute Gasteiger partial charge is 0.393 e. The molecule has 1 aromatic rings. The summed E-state index contributed by atoms with van der Waals surface area (Å²) in [6, 6.07) is 8.48. The molecule has 0 spiro atoms. The van der Waals surface area contributed by atoms with Crippen molar-refractivity contribution in [1.29, 1.82) is 0 Å². The molecule has 16 heavy (non-hydrogen) atoms. The van der Waals surface area contributed by atoms with Gasteiger partial charge in [-0.15, -0.1) is 0 Å². The highest BCUT2D eigenvalue weighted by Gasteiger charge is 2.43. The zero-order chi connectivity index (χ0) is 11.8. The molecule has 1 fully saturated rings. The van der Waals surface area contributed by atoms with E-state index in [0.717, 1.165) is 12.8 Å². The lowest BCUT2D eigenvalue weighted by molar-refractivity contribution is 0.0222. The van der Waals surface area contributed by atoms with Gasteiger partial charge in [-0.05, 0) is 30.5 Å². The normalized spacial score (nSPS) is 28.6. The van der Waals surface area contributed by atoms with Gasteiger partial charge in [-0.2, -0.15) is 0 Å². The first-order valence-corrected chi connectivity index (χ1v) is 5.73. The molecule has 0 atom stereocenters. The van der Waals surface area contributed by atoms with Gasteiger partial charge in [0, 0.05) is 31.7 Å². The van der Waals surface area contributed by atoms with Crippen LogP contribution in [0.1, 0.15) is 18.4 Å². The van der Waals surface area contributed by atoms with Crippen LogP contribution in [0.2, 0.25) is 0 Å². The van der Waals surface area contributed by atoms with Gasteiger partial charge in [0.15, 0.2) is 0 Å². The lowest BCUT2D eigenvalue weighted by atomic mass is 9.63. The van der Waals surface area contributed by atoms with Gasteiger partial charge in [-0.25, -0.2) is 0 Å². The quantitative estimate of drug-likeness (QED) is 0.802. The van der Waals surface area contributed by atoms with Gasteiger partial charge < -0.3 is 15.7 Å². The third-order valence-corrected chi connectivity index (χ3v) is 3.64. The van der Waals surface area contributed by atoms with Crippen LogP contribution in [0.5, 0.6) is 0 Å². The zero-order valence-corrected chi connectivity index (χ0v) is 9.98. The number of rotatable bonds is 3. The Kier molecular flexibility index (Phi) is 2.91. The van der Waals surface area contributed by atoms with Crippen molar-refractivity contribution in [2.45, 2.75) is 24.4 Å². The van der Waals surface area contributed by atoms with E-state index in [-0.39, 0.29) is 11.5 Å². The predicted molar refractivity (Wildman–Crippen MR) is 66.7 cm³/mol. The van der Waals surface area contributed by atoms with Gasteiger partial charge in [0.25, 0.3) is 0 Å². The molecule has 0 aromatic heterocycles.